The van der Waals surface area contributed by atoms with E-state index in [0.29, 0.717) is 17.2 Å². The number of aryl methyl sites for hydroxylation is 1. The SMILES string of the molecule is CCN(CC)c1cc(C)nc(Nc2ccc(NC(=O)c3ccccc3Br)cc2)n1. The Kier molecular flexibility index (Phi) is 6.82. The van der Waals surface area contributed by atoms with Crippen molar-refractivity contribution in [3.63, 3.8) is 0 Å². The van der Waals surface area contributed by atoms with Gasteiger partial charge in [0.2, 0.25) is 5.95 Å². The maximum atomic E-state index is 12.4. The van der Waals surface area contributed by atoms with Crippen LogP contribution in [-0.2, 0) is 0 Å². The van der Waals surface area contributed by atoms with Crippen molar-refractivity contribution < 1.29 is 4.79 Å². The molecule has 1 heterocycles. The molecule has 3 aromatic rings. The van der Waals surface area contributed by atoms with Crippen LogP contribution >= 0.6 is 15.9 Å². The quantitative estimate of drug-likeness (QED) is 0.501. The maximum Gasteiger partial charge on any atom is 0.256 e. The lowest BCUT2D eigenvalue weighted by atomic mass is 10.2. The minimum absolute atomic E-state index is 0.163. The Labute approximate surface area is 179 Å². The first-order chi connectivity index (χ1) is 14.0. The number of hydrogen-bond donors (Lipinski definition) is 2. The first kappa shape index (κ1) is 20.8. The highest BCUT2D eigenvalue weighted by Gasteiger charge is 2.10. The van der Waals surface area contributed by atoms with Gasteiger partial charge in [0.15, 0.2) is 0 Å². The molecule has 1 aromatic heterocycles. The van der Waals surface area contributed by atoms with E-state index in [-0.39, 0.29) is 5.91 Å². The van der Waals surface area contributed by atoms with E-state index in [1.54, 1.807) is 6.07 Å². The van der Waals surface area contributed by atoms with E-state index < -0.39 is 0 Å². The summed E-state index contributed by atoms with van der Waals surface area (Å²) in [6, 6.07) is 16.8. The number of nitrogens with zero attached hydrogens (tertiary/aromatic N) is 3. The summed E-state index contributed by atoms with van der Waals surface area (Å²) in [5.41, 5.74) is 3.05. The standard InChI is InChI=1S/C22H24BrN5O/c1-4-28(5-2)20-14-15(3)24-22(27-20)26-17-12-10-16(11-13-17)25-21(29)18-8-6-7-9-19(18)23/h6-14H,4-5H2,1-3H3,(H,25,29)(H,24,26,27). The summed E-state index contributed by atoms with van der Waals surface area (Å²) in [7, 11) is 0. The van der Waals surface area contributed by atoms with Crippen molar-refractivity contribution in [1.29, 1.82) is 0 Å². The number of carbonyl (C=O) groups is 1. The van der Waals surface area contributed by atoms with Gasteiger partial charge in [0.05, 0.1) is 5.56 Å². The van der Waals surface area contributed by atoms with Crippen molar-refractivity contribution in [2.45, 2.75) is 20.8 Å². The van der Waals surface area contributed by atoms with Gasteiger partial charge >= 0.3 is 0 Å². The lowest BCUT2D eigenvalue weighted by Crippen LogP contribution is -2.23. The largest absolute Gasteiger partial charge is 0.357 e. The van der Waals surface area contributed by atoms with Crippen molar-refractivity contribution in [2.24, 2.45) is 0 Å². The van der Waals surface area contributed by atoms with E-state index in [0.717, 1.165) is 34.8 Å². The third-order valence-corrected chi connectivity index (χ3v) is 5.14. The Morgan fingerprint density at radius 2 is 1.66 bits per heavy atom. The number of nitrogens with one attached hydrogen (secondary N) is 2. The van der Waals surface area contributed by atoms with Crippen LogP contribution in [0.25, 0.3) is 0 Å². The zero-order valence-electron chi connectivity index (χ0n) is 16.7. The van der Waals surface area contributed by atoms with E-state index in [2.05, 4.69) is 55.3 Å². The Hall–Kier alpha value is -2.93. The second-order valence-electron chi connectivity index (χ2n) is 6.50. The minimum atomic E-state index is -0.163. The van der Waals surface area contributed by atoms with Crippen LogP contribution in [0.5, 0.6) is 0 Å². The second-order valence-corrected chi connectivity index (χ2v) is 7.35. The lowest BCUT2D eigenvalue weighted by molar-refractivity contribution is 0.102. The van der Waals surface area contributed by atoms with Gasteiger partial charge in [-0.05, 0) is 73.1 Å². The van der Waals surface area contributed by atoms with Gasteiger partial charge in [0.25, 0.3) is 5.91 Å². The topological polar surface area (TPSA) is 70.2 Å². The number of halogens is 1. The number of hydrogen-bond acceptors (Lipinski definition) is 5. The molecule has 0 aliphatic heterocycles. The fourth-order valence-electron chi connectivity index (χ4n) is 2.93. The summed E-state index contributed by atoms with van der Waals surface area (Å²) in [6.07, 6.45) is 0. The lowest BCUT2D eigenvalue weighted by Gasteiger charge is -2.20. The zero-order chi connectivity index (χ0) is 20.8. The molecule has 29 heavy (non-hydrogen) atoms. The predicted octanol–water partition coefficient (Wildman–Crippen LogP) is 5.39. The fraction of sp³-hybridized carbons (Fsp3) is 0.227. The van der Waals surface area contributed by atoms with Crippen LogP contribution in [-0.4, -0.2) is 29.0 Å². The van der Waals surface area contributed by atoms with Crippen LogP contribution in [0.2, 0.25) is 0 Å². The Morgan fingerprint density at radius 3 is 2.31 bits per heavy atom. The van der Waals surface area contributed by atoms with E-state index in [1.165, 1.54) is 0 Å². The number of amides is 1. The maximum absolute atomic E-state index is 12.4. The summed E-state index contributed by atoms with van der Waals surface area (Å²) in [6.45, 7) is 7.95. The molecular weight excluding hydrogens is 430 g/mol. The molecular formula is C22H24BrN5O. The molecule has 7 heteroatoms. The molecule has 0 spiro atoms. The van der Waals surface area contributed by atoms with Crippen molar-refractivity contribution >= 4 is 45.0 Å². The van der Waals surface area contributed by atoms with Gasteiger partial charge in [-0.3, -0.25) is 4.79 Å². The normalized spacial score (nSPS) is 10.5. The first-order valence-corrected chi connectivity index (χ1v) is 10.3. The number of anilines is 4. The molecule has 0 fully saturated rings. The molecule has 6 nitrogen and oxygen atoms in total. The highest BCUT2D eigenvalue weighted by molar-refractivity contribution is 9.10. The average Bonchev–Trinajstić information content (AvgIpc) is 2.70. The molecule has 0 saturated heterocycles. The molecule has 0 aliphatic carbocycles. The van der Waals surface area contributed by atoms with Gasteiger partial charge in [-0.1, -0.05) is 12.1 Å². The van der Waals surface area contributed by atoms with Crippen LogP contribution in [0.1, 0.15) is 29.9 Å². The Morgan fingerprint density at radius 1 is 1.00 bits per heavy atom. The fourth-order valence-corrected chi connectivity index (χ4v) is 3.39. The van der Waals surface area contributed by atoms with Gasteiger partial charge in [0.1, 0.15) is 5.82 Å². The van der Waals surface area contributed by atoms with Gasteiger partial charge in [-0.2, -0.15) is 4.98 Å². The molecule has 0 unspecified atom stereocenters. The third kappa shape index (κ3) is 5.32. The third-order valence-electron chi connectivity index (χ3n) is 4.45. The number of rotatable bonds is 7. The molecule has 3 rings (SSSR count). The van der Waals surface area contributed by atoms with E-state index >= 15 is 0 Å². The summed E-state index contributed by atoms with van der Waals surface area (Å²) in [5, 5.41) is 6.14. The molecule has 0 radical (unpaired) electrons. The van der Waals surface area contributed by atoms with Crippen LogP contribution in [0, 0.1) is 6.92 Å². The van der Waals surface area contributed by atoms with Gasteiger partial charge in [0, 0.05) is 40.7 Å². The highest BCUT2D eigenvalue weighted by Crippen LogP contribution is 2.21. The van der Waals surface area contributed by atoms with Gasteiger partial charge in [-0.15, -0.1) is 0 Å². The molecule has 150 valence electrons. The highest BCUT2D eigenvalue weighted by atomic mass is 79.9. The van der Waals surface area contributed by atoms with Crippen LogP contribution < -0.4 is 15.5 Å². The van der Waals surface area contributed by atoms with Crippen LogP contribution in [0.3, 0.4) is 0 Å². The van der Waals surface area contributed by atoms with E-state index in [4.69, 9.17) is 0 Å². The average molecular weight is 454 g/mol. The van der Waals surface area contributed by atoms with E-state index in [1.807, 2.05) is 55.5 Å². The van der Waals surface area contributed by atoms with Crippen molar-refractivity contribution in [1.82, 2.24) is 9.97 Å². The predicted molar refractivity (Wildman–Crippen MR) is 122 cm³/mol. The zero-order valence-corrected chi connectivity index (χ0v) is 18.3. The van der Waals surface area contributed by atoms with Gasteiger partial charge < -0.3 is 15.5 Å². The van der Waals surface area contributed by atoms with Crippen molar-refractivity contribution in [3.8, 4) is 0 Å². The Balaban J connectivity index is 1.71. The summed E-state index contributed by atoms with van der Waals surface area (Å²) in [4.78, 5) is 23.7. The minimum Gasteiger partial charge on any atom is -0.357 e. The molecule has 2 aromatic carbocycles. The number of benzene rings is 2. The summed E-state index contributed by atoms with van der Waals surface area (Å²) in [5.74, 6) is 1.29. The van der Waals surface area contributed by atoms with E-state index in [9.17, 15) is 4.79 Å². The number of carbonyl (C=O) groups excluding carboxylic acids is 1. The monoisotopic (exact) mass is 453 g/mol. The smallest absolute Gasteiger partial charge is 0.256 e. The molecule has 0 saturated carbocycles. The molecule has 1 amide bonds. The van der Waals surface area contributed by atoms with Gasteiger partial charge in [-0.25, -0.2) is 4.98 Å². The van der Waals surface area contributed by atoms with Crippen molar-refractivity contribution in [3.05, 3.63) is 70.3 Å². The molecule has 0 bridgehead atoms. The van der Waals surface area contributed by atoms with Crippen LogP contribution in [0.4, 0.5) is 23.1 Å². The Bertz CT molecular complexity index is 987. The molecule has 0 aliphatic rings. The molecule has 2 N–H and O–H groups in total. The van der Waals surface area contributed by atoms with Crippen LogP contribution in [0.15, 0.2) is 59.1 Å². The van der Waals surface area contributed by atoms with Crippen molar-refractivity contribution in [2.75, 3.05) is 28.6 Å². The first-order valence-electron chi connectivity index (χ1n) is 9.53. The second kappa shape index (κ2) is 9.52. The summed E-state index contributed by atoms with van der Waals surface area (Å²) >= 11 is 3.40. The number of aromatic nitrogens is 2. The molecule has 0 atom stereocenters. The summed E-state index contributed by atoms with van der Waals surface area (Å²) < 4.78 is 0.761.